The van der Waals surface area contributed by atoms with Crippen LogP contribution in [0.2, 0.25) is 0 Å². The maximum atomic E-state index is 7.32. The Morgan fingerprint density at radius 3 is 1.75 bits per heavy atom. The molecule has 0 rings (SSSR count). The van der Waals surface area contributed by atoms with Crippen LogP contribution >= 0.6 is 17.0 Å². The third-order valence-electron chi connectivity index (χ3n) is 0. The number of nitrogens with zero attached hydrogens (tertiary/aromatic N) is 1. The van der Waals surface area contributed by atoms with E-state index in [0.29, 0.717) is 0 Å². The molecule has 0 spiro atoms. The summed E-state index contributed by atoms with van der Waals surface area (Å²) in [6, 6.07) is 1.75. The second kappa shape index (κ2) is 12.3. The summed E-state index contributed by atoms with van der Waals surface area (Å²) in [4.78, 5) is 0. The molecule has 0 fully saturated rings. The first-order chi connectivity index (χ1) is 1.41. The number of halogens is 1. The second-order valence-corrected chi connectivity index (χ2v) is 0.224. The summed E-state index contributed by atoms with van der Waals surface area (Å²) >= 11 is 0. The van der Waals surface area contributed by atoms with Crippen LogP contribution in [0.4, 0.5) is 0 Å². The van der Waals surface area contributed by atoms with Crippen LogP contribution in [-0.2, 0) is 0 Å². The lowest BCUT2D eigenvalue weighted by Gasteiger charge is -1.15. The monoisotopic (exact) mass is 121 g/mol. The van der Waals surface area contributed by atoms with Crippen molar-refractivity contribution in [3.8, 4) is 6.07 Å². The van der Waals surface area contributed by atoms with Crippen LogP contribution in [0.3, 0.4) is 0 Å². The summed E-state index contributed by atoms with van der Waals surface area (Å²) in [7, 11) is 0. The summed E-state index contributed by atoms with van der Waals surface area (Å²) in [6.45, 7) is 1.43. The average molecular weight is 122 g/mol. The largest absolute Gasteiger partial charge is 0.199 e. The van der Waals surface area contributed by atoms with Gasteiger partial charge in [0, 0.05) is 6.92 Å². The molecule has 2 heteroatoms. The van der Waals surface area contributed by atoms with Gasteiger partial charge in [0.15, 0.2) is 0 Å². The van der Waals surface area contributed by atoms with Crippen molar-refractivity contribution in [2.75, 3.05) is 0 Å². The van der Waals surface area contributed by atoms with Crippen LogP contribution in [-0.4, -0.2) is 0 Å². The van der Waals surface area contributed by atoms with Crippen molar-refractivity contribution in [2.24, 2.45) is 0 Å². The molecule has 0 radical (unpaired) electrons. The highest BCUT2D eigenvalue weighted by molar-refractivity contribution is 8.93. The van der Waals surface area contributed by atoms with E-state index in [-0.39, 0.29) is 17.0 Å². The third kappa shape index (κ3) is 2060. The Bertz CT molecular complexity index is 27.5. The van der Waals surface area contributed by atoms with Crippen molar-refractivity contribution in [3.05, 3.63) is 0 Å². The van der Waals surface area contributed by atoms with Gasteiger partial charge in [-0.15, -0.1) is 17.0 Å². The van der Waals surface area contributed by atoms with E-state index in [1.54, 1.807) is 6.07 Å². The van der Waals surface area contributed by atoms with Crippen molar-refractivity contribution < 1.29 is 0 Å². The molecule has 0 saturated heterocycles. The highest BCUT2D eigenvalue weighted by Gasteiger charge is 1.17. The topological polar surface area (TPSA) is 23.8 Å². The highest BCUT2D eigenvalue weighted by Crippen LogP contribution is 1.21. The van der Waals surface area contributed by atoms with E-state index in [9.17, 15) is 0 Å². The molecule has 4 heavy (non-hydrogen) atoms. The standard InChI is InChI=1S/C2H3N.BrH/c1-2-3;/h1H3;1H. The van der Waals surface area contributed by atoms with Gasteiger partial charge in [-0.05, 0) is 0 Å². The molecule has 0 aliphatic carbocycles. The Hall–Kier alpha value is -0.0300. The van der Waals surface area contributed by atoms with Gasteiger partial charge in [-0.3, -0.25) is 0 Å². The van der Waals surface area contributed by atoms with Gasteiger partial charge in [0.1, 0.15) is 0 Å². The van der Waals surface area contributed by atoms with E-state index in [2.05, 4.69) is 0 Å². The molecule has 0 aliphatic heterocycles. The molecule has 1 nitrogen and oxygen atoms in total. The number of nitriles is 1. The Morgan fingerprint density at radius 2 is 1.75 bits per heavy atom. The molecule has 0 saturated carbocycles. The summed E-state index contributed by atoms with van der Waals surface area (Å²) in [5.41, 5.74) is 0. The fourth-order valence-electron chi connectivity index (χ4n) is 0. The summed E-state index contributed by atoms with van der Waals surface area (Å²) in [6.07, 6.45) is 0. The third-order valence-corrected chi connectivity index (χ3v) is 0. The van der Waals surface area contributed by atoms with Crippen molar-refractivity contribution in [3.63, 3.8) is 0 Å². The minimum absolute atomic E-state index is 0. The first-order valence-electron chi connectivity index (χ1n) is 0.724. The van der Waals surface area contributed by atoms with Gasteiger partial charge in [-0.2, -0.15) is 5.26 Å². The van der Waals surface area contributed by atoms with Crippen molar-refractivity contribution in [1.29, 1.82) is 5.26 Å². The molecule has 0 aromatic carbocycles. The molecule has 0 aromatic heterocycles. The van der Waals surface area contributed by atoms with Gasteiger partial charge in [0.25, 0.3) is 0 Å². The minimum atomic E-state index is 0. The predicted molar refractivity (Wildman–Crippen MR) is 21.6 cm³/mol. The maximum Gasteiger partial charge on any atom is 0.0587 e. The zero-order chi connectivity index (χ0) is 2.71. The quantitative estimate of drug-likeness (QED) is 0.472. The number of hydrogen-bond acceptors (Lipinski definition) is 1. The van der Waals surface area contributed by atoms with Crippen LogP contribution in [0.5, 0.6) is 0 Å². The fraction of sp³-hybridized carbons (Fsp3) is 0.500. The van der Waals surface area contributed by atoms with Gasteiger partial charge in [-0.1, -0.05) is 0 Å². The second-order valence-electron chi connectivity index (χ2n) is 0.224. The molecular formula is C2H4BrN. The van der Waals surface area contributed by atoms with E-state index in [1.165, 1.54) is 6.92 Å². The lowest BCUT2D eigenvalue weighted by molar-refractivity contribution is 1.49. The Balaban J connectivity index is 0. The molecule has 0 bridgehead atoms. The van der Waals surface area contributed by atoms with Crippen molar-refractivity contribution in [1.82, 2.24) is 0 Å². The predicted octanol–water partition coefficient (Wildman–Crippen LogP) is 1.11. The zero-order valence-corrected chi connectivity index (χ0v) is 4.07. The molecule has 0 heterocycles. The van der Waals surface area contributed by atoms with Gasteiger partial charge >= 0.3 is 0 Å². The molecule has 24 valence electrons. The lowest BCUT2D eigenvalue weighted by atomic mass is 11.0. The lowest BCUT2D eigenvalue weighted by Crippen LogP contribution is -1.10. The van der Waals surface area contributed by atoms with Gasteiger partial charge in [-0.25, -0.2) is 0 Å². The minimum Gasteiger partial charge on any atom is -0.199 e. The maximum absolute atomic E-state index is 7.32. The average Bonchev–Trinajstić information content (AvgIpc) is 0.918. The zero-order valence-electron chi connectivity index (χ0n) is 2.36. The van der Waals surface area contributed by atoms with E-state index in [0.717, 1.165) is 0 Å². The smallest absolute Gasteiger partial charge is 0.0587 e. The Labute approximate surface area is 36.0 Å². The first-order valence-corrected chi connectivity index (χ1v) is 0.724. The number of rotatable bonds is 0. The fourth-order valence-corrected chi connectivity index (χ4v) is 0. The molecule has 0 unspecified atom stereocenters. The molecule has 0 aromatic rings. The van der Waals surface area contributed by atoms with Gasteiger partial charge < -0.3 is 0 Å². The van der Waals surface area contributed by atoms with Gasteiger partial charge in [0.2, 0.25) is 0 Å². The summed E-state index contributed by atoms with van der Waals surface area (Å²) in [5, 5.41) is 7.32. The molecule has 0 aliphatic rings. The SMILES string of the molecule is Br.CC#N. The van der Waals surface area contributed by atoms with Crippen molar-refractivity contribution in [2.45, 2.75) is 6.92 Å². The van der Waals surface area contributed by atoms with Crippen LogP contribution in [0.15, 0.2) is 0 Å². The van der Waals surface area contributed by atoms with E-state index in [4.69, 9.17) is 5.26 Å². The van der Waals surface area contributed by atoms with Crippen LogP contribution in [0.25, 0.3) is 0 Å². The summed E-state index contributed by atoms with van der Waals surface area (Å²) in [5.74, 6) is 0. The Kier molecular flexibility index (Phi) is 27.6. The molecule has 0 N–H and O–H groups in total. The molecular weight excluding hydrogens is 118 g/mol. The number of hydrogen-bond donors (Lipinski definition) is 0. The van der Waals surface area contributed by atoms with Crippen molar-refractivity contribution >= 4 is 17.0 Å². The molecule has 0 amide bonds. The summed E-state index contributed by atoms with van der Waals surface area (Å²) < 4.78 is 0. The van der Waals surface area contributed by atoms with Crippen LogP contribution < -0.4 is 0 Å². The normalized spacial score (nSPS) is 2.00. The van der Waals surface area contributed by atoms with Crippen LogP contribution in [0.1, 0.15) is 6.92 Å². The molecule has 0 atom stereocenters. The van der Waals surface area contributed by atoms with E-state index < -0.39 is 0 Å². The van der Waals surface area contributed by atoms with Gasteiger partial charge in [0.05, 0.1) is 6.07 Å². The highest BCUT2D eigenvalue weighted by atomic mass is 79.9. The van der Waals surface area contributed by atoms with Crippen LogP contribution in [0, 0.1) is 11.3 Å². The van der Waals surface area contributed by atoms with E-state index in [1.807, 2.05) is 0 Å². The first kappa shape index (κ1) is 9.02. The van der Waals surface area contributed by atoms with E-state index >= 15 is 0 Å². The Morgan fingerprint density at radius 1 is 1.75 bits per heavy atom.